The molecule has 34 heavy (non-hydrogen) atoms. The summed E-state index contributed by atoms with van der Waals surface area (Å²) in [6.45, 7) is 5.68. The van der Waals surface area contributed by atoms with E-state index in [0.717, 1.165) is 46.3 Å². The van der Waals surface area contributed by atoms with Crippen molar-refractivity contribution in [3.05, 3.63) is 53.2 Å². The van der Waals surface area contributed by atoms with Crippen molar-refractivity contribution in [1.82, 2.24) is 9.21 Å². The number of nitrogens with two attached hydrogens (primary N) is 1. The maximum Gasteiger partial charge on any atom is 0.239 e. The second kappa shape index (κ2) is 8.21. The fourth-order valence-electron chi connectivity index (χ4n) is 4.65. The lowest BCUT2D eigenvalue weighted by Crippen LogP contribution is -2.50. The van der Waals surface area contributed by atoms with Gasteiger partial charge in [-0.2, -0.15) is 0 Å². The summed E-state index contributed by atoms with van der Waals surface area (Å²) in [5.74, 6) is -0.907. The van der Waals surface area contributed by atoms with Crippen LogP contribution in [0.15, 0.2) is 47.5 Å². The highest BCUT2D eigenvalue weighted by molar-refractivity contribution is 7.89. The van der Waals surface area contributed by atoms with E-state index >= 15 is 4.39 Å². The van der Waals surface area contributed by atoms with Gasteiger partial charge in [0.2, 0.25) is 16.0 Å². The average Bonchev–Trinajstić information content (AvgIpc) is 3.15. The van der Waals surface area contributed by atoms with E-state index in [1.165, 1.54) is 24.1 Å². The zero-order valence-corrected chi connectivity index (χ0v) is 21.1. The third-order valence-electron chi connectivity index (χ3n) is 6.76. The molecular formula is C24H28FN5O2S2. The number of halogens is 1. The molecule has 3 heterocycles. The SMILES string of the molecule is CN1CCN(c2ccc(-c3cccc4c(F)c([C@]5(C)CS(=O)(=O)N(C)C(N)=N5)sc34)cc2)CC1. The number of piperazine rings is 1. The number of hydrogen-bond acceptors (Lipinski definition) is 7. The predicted molar refractivity (Wildman–Crippen MR) is 137 cm³/mol. The van der Waals surface area contributed by atoms with Gasteiger partial charge in [-0.15, -0.1) is 11.3 Å². The molecule has 0 unspecified atom stereocenters. The Labute approximate surface area is 203 Å². The van der Waals surface area contributed by atoms with E-state index in [2.05, 4.69) is 46.1 Å². The van der Waals surface area contributed by atoms with Crippen LogP contribution in [0.25, 0.3) is 21.2 Å². The second-order valence-electron chi connectivity index (χ2n) is 9.23. The van der Waals surface area contributed by atoms with E-state index in [1.54, 1.807) is 13.0 Å². The van der Waals surface area contributed by atoms with Gasteiger partial charge in [-0.05, 0) is 37.2 Å². The first-order valence-corrected chi connectivity index (χ1v) is 13.6. The van der Waals surface area contributed by atoms with Crippen molar-refractivity contribution < 1.29 is 12.8 Å². The van der Waals surface area contributed by atoms with Crippen LogP contribution in [0.1, 0.15) is 11.8 Å². The van der Waals surface area contributed by atoms with Gasteiger partial charge in [-0.1, -0.05) is 30.3 Å². The number of fused-ring (bicyclic) bond motifs is 1. The molecule has 0 amide bonds. The van der Waals surface area contributed by atoms with Crippen molar-refractivity contribution in [1.29, 1.82) is 0 Å². The molecule has 2 aliphatic rings. The summed E-state index contributed by atoms with van der Waals surface area (Å²) in [6, 6.07) is 13.9. The van der Waals surface area contributed by atoms with E-state index in [0.29, 0.717) is 5.39 Å². The van der Waals surface area contributed by atoms with Gasteiger partial charge in [0, 0.05) is 49.0 Å². The number of sulfonamides is 1. The molecule has 0 aliphatic carbocycles. The molecule has 10 heteroatoms. The number of likely N-dealkylation sites (N-methyl/N-ethyl adjacent to an activating group) is 1. The summed E-state index contributed by atoms with van der Waals surface area (Å²) < 4.78 is 42.6. The fourth-order valence-corrected chi connectivity index (χ4v) is 7.48. The largest absolute Gasteiger partial charge is 0.369 e. The number of guanidine groups is 1. The molecule has 0 spiro atoms. The molecule has 5 rings (SSSR count). The molecular weight excluding hydrogens is 473 g/mol. The number of aliphatic imine (C=N–C) groups is 1. The molecule has 2 N–H and O–H groups in total. The maximum atomic E-state index is 15.7. The smallest absolute Gasteiger partial charge is 0.239 e. The first kappa shape index (κ1) is 23.1. The van der Waals surface area contributed by atoms with Crippen molar-refractivity contribution in [2.45, 2.75) is 12.5 Å². The highest BCUT2D eigenvalue weighted by atomic mass is 32.2. The summed E-state index contributed by atoms with van der Waals surface area (Å²) in [5, 5.41) is 0.465. The lowest BCUT2D eigenvalue weighted by atomic mass is 10.0. The predicted octanol–water partition coefficient (Wildman–Crippen LogP) is 3.26. The van der Waals surface area contributed by atoms with Gasteiger partial charge in [0.25, 0.3) is 0 Å². The van der Waals surface area contributed by atoms with E-state index in [-0.39, 0.29) is 16.6 Å². The first-order chi connectivity index (χ1) is 16.1. The topological polar surface area (TPSA) is 82.2 Å². The van der Waals surface area contributed by atoms with Gasteiger partial charge < -0.3 is 15.5 Å². The van der Waals surface area contributed by atoms with Crippen LogP contribution in [0, 0.1) is 5.82 Å². The highest BCUT2D eigenvalue weighted by Crippen LogP contribution is 2.44. The van der Waals surface area contributed by atoms with Crippen molar-refractivity contribution in [3.8, 4) is 11.1 Å². The normalized spacial score (nSPS) is 23.4. The standard InChI is InChI=1S/C24H28FN5O2S2/c1-24(15-34(31,32)29(3)23(26)27-24)22-20(25)19-6-4-5-18(21(19)33-22)16-7-9-17(10-8-16)30-13-11-28(2)12-14-30/h4-10H,11-15H2,1-3H3,(H2,26,27)/t24-/m0/s1. The molecule has 180 valence electrons. The van der Waals surface area contributed by atoms with Gasteiger partial charge in [-0.25, -0.2) is 22.1 Å². The van der Waals surface area contributed by atoms with E-state index < -0.39 is 21.4 Å². The van der Waals surface area contributed by atoms with Gasteiger partial charge in [0.1, 0.15) is 11.4 Å². The highest BCUT2D eigenvalue weighted by Gasteiger charge is 2.43. The summed E-state index contributed by atoms with van der Waals surface area (Å²) >= 11 is 1.25. The third kappa shape index (κ3) is 3.83. The molecule has 0 radical (unpaired) electrons. The van der Waals surface area contributed by atoms with Crippen LogP contribution in [0.5, 0.6) is 0 Å². The molecule has 1 atom stereocenters. The monoisotopic (exact) mass is 501 g/mol. The van der Waals surface area contributed by atoms with Crippen LogP contribution in [0.2, 0.25) is 0 Å². The molecule has 0 bridgehead atoms. The zero-order chi connectivity index (χ0) is 24.3. The number of thiophene rings is 1. The number of nitrogens with zero attached hydrogens (tertiary/aromatic N) is 4. The van der Waals surface area contributed by atoms with Crippen molar-refractivity contribution >= 4 is 43.1 Å². The first-order valence-electron chi connectivity index (χ1n) is 11.2. The number of benzene rings is 2. The number of anilines is 1. The Kier molecular flexibility index (Phi) is 5.57. The minimum atomic E-state index is -3.69. The Morgan fingerprint density at radius 2 is 1.74 bits per heavy atom. The molecule has 7 nitrogen and oxygen atoms in total. The fraction of sp³-hybridized carbons (Fsp3) is 0.375. The molecule has 1 aromatic heterocycles. The average molecular weight is 502 g/mol. The summed E-state index contributed by atoms with van der Waals surface area (Å²) in [4.78, 5) is 9.37. The molecule has 1 fully saturated rings. The Morgan fingerprint density at radius 3 is 2.38 bits per heavy atom. The molecule has 0 saturated carbocycles. The van der Waals surface area contributed by atoms with Gasteiger partial charge in [-0.3, -0.25) is 0 Å². The van der Waals surface area contributed by atoms with Crippen LogP contribution < -0.4 is 10.6 Å². The summed E-state index contributed by atoms with van der Waals surface area (Å²) in [7, 11) is -0.196. The van der Waals surface area contributed by atoms with Crippen LogP contribution >= 0.6 is 11.3 Å². The maximum absolute atomic E-state index is 15.7. The minimum absolute atomic E-state index is 0.134. The molecule has 2 aromatic carbocycles. The third-order valence-corrected chi connectivity index (χ3v) is 10.2. The van der Waals surface area contributed by atoms with Gasteiger partial charge >= 0.3 is 0 Å². The Bertz CT molecular complexity index is 1380. The second-order valence-corrected chi connectivity index (χ2v) is 12.3. The molecule has 3 aromatic rings. The lowest BCUT2D eigenvalue weighted by Gasteiger charge is -2.34. The van der Waals surface area contributed by atoms with Crippen LogP contribution in [0.3, 0.4) is 0 Å². The Hall–Kier alpha value is -2.69. The Balaban J connectivity index is 1.55. The summed E-state index contributed by atoms with van der Waals surface area (Å²) in [5.41, 5.74) is 7.68. The quantitative estimate of drug-likeness (QED) is 0.596. The van der Waals surface area contributed by atoms with Crippen LogP contribution in [0.4, 0.5) is 10.1 Å². The Morgan fingerprint density at radius 1 is 1.06 bits per heavy atom. The van der Waals surface area contributed by atoms with Crippen molar-refractivity contribution in [2.75, 3.05) is 50.9 Å². The van der Waals surface area contributed by atoms with Crippen LogP contribution in [-0.2, 0) is 15.6 Å². The number of rotatable bonds is 3. The molecule has 1 saturated heterocycles. The van der Waals surface area contributed by atoms with Crippen molar-refractivity contribution in [2.24, 2.45) is 10.7 Å². The number of hydrogen-bond donors (Lipinski definition) is 1. The lowest BCUT2D eigenvalue weighted by molar-refractivity contribution is 0.313. The van der Waals surface area contributed by atoms with E-state index in [9.17, 15) is 8.42 Å². The van der Waals surface area contributed by atoms with Crippen LogP contribution in [-0.4, -0.2) is 69.6 Å². The van der Waals surface area contributed by atoms with E-state index in [1.807, 2.05) is 12.1 Å². The zero-order valence-electron chi connectivity index (χ0n) is 19.5. The summed E-state index contributed by atoms with van der Waals surface area (Å²) in [6.07, 6.45) is 0. The van der Waals surface area contributed by atoms with Gasteiger partial charge in [0.05, 0.1) is 10.6 Å². The van der Waals surface area contributed by atoms with E-state index in [4.69, 9.17) is 5.73 Å². The van der Waals surface area contributed by atoms with Gasteiger partial charge in [0.15, 0.2) is 0 Å². The molecule has 2 aliphatic heterocycles. The minimum Gasteiger partial charge on any atom is -0.369 e. The van der Waals surface area contributed by atoms with Crippen molar-refractivity contribution in [3.63, 3.8) is 0 Å².